The highest BCUT2D eigenvalue weighted by Crippen LogP contribution is 2.16. The number of allylic oxidation sites excluding steroid dienone is 1. The lowest BCUT2D eigenvalue weighted by atomic mass is 10.0. The third-order valence-corrected chi connectivity index (χ3v) is 2.47. The minimum Gasteiger partial charge on any atom is -0.193 e. The van der Waals surface area contributed by atoms with Gasteiger partial charge in [-0.1, -0.05) is 41.9 Å². The van der Waals surface area contributed by atoms with Gasteiger partial charge in [-0.25, -0.2) is 0 Å². The third-order valence-electron chi connectivity index (χ3n) is 1.94. The second-order valence-corrected chi connectivity index (χ2v) is 4.33. The van der Waals surface area contributed by atoms with Crippen molar-refractivity contribution in [1.29, 1.82) is 5.26 Å². The first-order valence-corrected chi connectivity index (χ1v) is 5.30. The molecule has 0 aliphatic heterocycles. The van der Waals surface area contributed by atoms with Crippen molar-refractivity contribution in [1.82, 2.24) is 0 Å². The summed E-state index contributed by atoms with van der Waals surface area (Å²) in [4.78, 5) is 0. The van der Waals surface area contributed by atoms with E-state index in [1.807, 2.05) is 44.2 Å². The van der Waals surface area contributed by atoms with E-state index in [4.69, 9.17) is 5.26 Å². The summed E-state index contributed by atoms with van der Waals surface area (Å²) >= 11 is 3.37. The second-order valence-electron chi connectivity index (χ2n) is 3.42. The van der Waals surface area contributed by atoms with Crippen LogP contribution in [0.25, 0.3) is 6.08 Å². The lowest BCUT2D eigenvalue weighted by Gasteiger charge is -2.01. The summed E-state index contributed by atoms with van der Waals surface area (Å²) < 4.78 is 1.05. The Balaban J connectivity index is 2.97. The van der Waals surface area contributed by atoms with Crippen molar-refractivity contribution in [3.05, 3.63) is 39.9 Å². The van der Waals surface area contributed by atoms with Crippen LogP contribution in [0.4, 0.5) is 0 Å². The lowest BCUT2D eigenvalue weighted by Crippen LogP contribution is -1.90. The van der Waals surface area contributed by atoms with E-state index in [0.29, 0.717) is 0 Å². The minimum atomic E-state index is 0.281. The summed E-state index contributed by atoms with van der Waals surface area (Å²) in [5, 5.41) is 8.88. The van der Waals surface area contributed by atoms with Gasteiger partial charge in [-0.05, 0) is 29.7 Å². The maximum Gasteiger partial charge on any atom is 0.0950 e. The predicted octanol–water partition coefficient (Wildman–Crippen LogP) is 4.01. The average Bonchev–Trinajstić information content (AvgIpc) is 2.16. The Morgan fingerprint density at radius 2 is 1.93 bits per heavy atom. The van der Waals surface area contributed by atoms with Gasteiger partial charge in [0.2, 0.25) is 0 Å². The Bertz CT molecular complexity index is 368. The molecule has 1 aromatic carbocycles. The normalized spacial score (nSPS) is 11.5. The van der Waals surface area contributed by atoms with Gasteiger partial charge in [0.15, 0.2) is 0 Å². The highest BCUT2D eigenvalue weighted by atomic mass is 79.9. The minimum absolute atomic E-state index is 0.281. The summed E-state index contributed by atoms with van der Waals surface area (Å²) in [6.45, 7) is 4.04. The van der Waals surface area contributed by atoms with Gasteiger partial charge in [-0.15, -0.1) is 0 Å². The molecule has 72 valence electrons. The van der Waals surface area contributed by atoms with E-state index in [-0.39, 0.29) is 5.92 Å². The Morgan fingerprint density at radius 3 is 2.36 bits per heavy atom. The Morgan fingerprint density at radius 1 is 1.36 bits per heavy atom. The first-order chi connectivity index (χ1) is 6.63. The second kappa shape index (κ2) is 4.97. The molecule has 0 spiro atoms. The molecule has 0 unspecified atom stereocenters. The quantitative estimate of drug-likeness (QED) is 0.727. The van der Waals surface area contributed by atoms with Gasteiger partial charge in [0, 0.05) is 10.0 Å². The molecule has 0 fully saturated rings. The summed E-state index contributed by atoms with van der Waals surface area (Å²) in [7, 11) is 0. The molecule has 0 heterocycles. The fourth-order valence-electron chi connectivity index (χ4n) is 1.07. The standard InChI is InChI=1S/C12H12BrN/c1-9(2)11(8-14)7-10-3-5-12(13)6-4-10/h3-7,9H,1-2H3/b11-7-. The van der Waals surface area contributed by atoms with Crippen LogP contribution in [-0.4, -0.2) is 0 Å². The molecule has 14 heavy (non-hydrogen) atoms. The van der Waals surface area contributed by atoms with Crippen molar-refractivity contribution >= 4 is 22.0 Å². The third kappa shape index (κ3) is 3.01. The highest BCUT2D eigenvalue weighted by Gasteiger charge is 2.01. The van der Waals surface area contributed by atoms with Gasteiger partial charge < -0.3 is 0 Å². The van der Waals surface area contributed by atoms with Crippen molar-refractivity contribution in [2.75, 3.05) is 0 Å². The molecule has 0 saturated carbocycles. The van der Waals surface area contributed by atoms with Crippen LogP contribution < -0.4 is 0 Å². The number of halogens is 1. The molecule has 0 N–H and O–H groups in total. The Labute approximate surface area is 93.2 Å². The molecule has 0 bridgehead atoms. The molecule has 0 radical (unpaired) electrons. The molecule has 2 heteroatoms. The van der Waals surface area contributed by atoms with E-state index >= 15 is 0 Å². The van der Waals surface area contributed by atoms with Gasteiger partial charge in [0.25, 0.3) is 0 Å². The van der Waals surface area contributed by atoms with E-state index in [9.17, 15) is 0 Å². The summed E-state index contributed by atoms with van der Waals surface area (Å²) in [6.07, 6.45) is 1.93. The van der Waals surface area contributed by atoms with Gasteiger partial charge in [0.05, 0.1) is 6.07 Å². The SMILES string of the molecule is CC(C)/C(C#N)=C\c1ccc(Br)cc1. The topological polar surface area (TPSA) is 23.8 Å². The number of nitriles is 1. The molecule has 0 saturated heterocycles. The van der Waals surface area contributed by atoms with Crippen LogP contribution >= 0.6 is 15.9 Å². The Hall–Kier alpha value is -1.07. The zero-order chi connectivity index (χ0) is 10.6. The van der Waals surface area contributed by atoms with Crippen molar-refractivity contribution in [2.45, 2.75) is 13.8 Å². The summed E-state index contributed by atoms with van der Waals surface area (Å²) in [5.41, 5.74) is 1.88. The number of nitrogens with zero attached hydrogens (tertiary/aromatic N) is 1. The number of hydrogen-bond donors (Lipinski definition) is 0. The van der Waals surface area contributed by atoms with Crippen LogP contribution in [0, 0.1) is 17.2 Å². The first kappa shape index (κ1) is 11.0. The molecule has 0 aromatic heterocycles. The molecule has 0 atom stereocenters. The van der Waals surface area contributed by atoms with Crippen LogP contribution in [0.3, 0.4) is 0 Å². The number of hydrogen-bond acceptors (Lipinski definition) is 1. The monoisotopic (exact) mass is 249 g/mol. The van der Waals surface area contributed by atoms with E-state index in [1.165, 1.54) is 0 Å². The largest absolute Gasteiger partial charge is 0.193 e. The van der Waals surface area contributed by atoms with Crippen LogP contribution in [0.5, 0.6) is 0 Å². The maximum absolute atomic E-state index is 8.88. The van der Waals surface area contributed by atoms with Crippen molar-refractivity contribution in [2.24, 2.45) is 5.92 Å². The van der Waals surface area contributed by atoms with Crippen molar-refractivity contribution < 1.29 is 0 Å². The van der Waals surface area contributed by atoms with Crippen LogP contribution in [-0.2, 0) is 0 Å². The summed E-state index contributed by atoms with van der Waals surface area (Å²) in [6, 6.07) is 10.1. The average molecular weight is 250 g/mol. The van der Waals surface area contributed by atoms with Crippen molar-refractivity contribution in [3.8, 4) is 6.07 Å². The predicted molar refractivity (Wildman–Crippen MR) is 62.6 cm³/mol. The fraction of sp³-hybridized carbons (Fsp3) is 0.250. The molecule has 1 rings (SSSR count). The fourth-order valence-corrected chi connectivity index (χ4v) is 1.33. The van der Waals surface area contributed by atoms with Gasteiger partial charge in [0.1, 0.15) is 0 Å². The molecular formula is C12H12BrN. The van der Waals surface area contributed by atoms with E-state index in [1.54, 1.807) is 0 Å². The van der Waals surface area contributed by atoms with Gasteiger partial charge >= 0.3 is 0 Å². The van der Waals surface area contributed by atoms with Gasteiger partial charge in [-0.2, -0.15) is 5.26 Å². The Kier molecular flexibility index (Phi) is 3.91. The highest BCUT2D eigenvalue weighted by molar-refractivity contribution is 9.10. The zero-order valence-corrected chi connectivity index (χ0v) is 9.88. The van der Waals surface area contributed by atoms with E-state index in [2.05, 4.69) is 22.0 Å². The number of rotatable bonds is 2. The van der Waals surface area contributed by atoms with Gasteiger partial charge in [-0.3, -0.25) is 0 Å². The summed E-state index contributed by atoms with van der Waals surface area (Å²) in [5.74, 6) is 0.281. The lowest BCUT2D eigenvalue weighted by molar-refractivity contribution is 0.801. The van der Waals surface area contributed by atoms with Crippen molar-refractivity contribution in [3.63, 3.8) is 0 Å². The zero-order valence-electron chi connectivity index (χ0n) is 8.29. The van der Waals surface area contributed by atoms with Crippen LogP contribution in [0.1, 0.15) is 19.4 Å². The molecule has 0 aliphatic carbocycles. The van der Waals surface area contributed by atoms with Crippen LogP contribution in [0.15, 0.2) is 34.3 Å². The molecule has 0 amide bonds. The van der Waals surface area contributed by atoms with Crippen LogP contribution in [0.2, 0.25) is 0 Å². The molecule has 0 aliphatic rings. The first-order valence-electron chi connectivity index (χ1n) is 4.50. The molecule has 1 aromatic rings. The molecular weight excluding hydrogens is 238 g/mol. The smallest absolute Gasteiger partial charge is 0.0950 e. The van der Waals surface area contributed by atoms with E-state index in [0.717, 1.165) is 15.6 Å². The maximum atomic E-state index is 8.88. The molecule has 1 nitrogen and oxygen atoms in total. The number of benzene rings is 1. The van der Waals surface area contributed by atoms with E-state index < -0.39 is 0 Å².